The van der Waals surface area contributed by atoms with Gasteiger partial charge in [-0.1, -0.05) is 6.08 Å². The van der Waals surface area contributed by atoms with Crippen LogP contribution in [-0.4, -0.2) is 19.2 Å². The molecule has 2 aliphatic heterocycles. The third kappa shape index (κ3) is 2.15. The number of rotatable bonds is 1. The molecule has 0 aliphatic carbocycles. The molecule has 1 aromatic rings. The van der Waals surface area contributed by atoms with Gasteiger partial charge < -0.3 is 9.47 Å². The van der Waals surface area contributed by atoms with E-state index in [1.807, 2.05) is 18.2 Å². The van der Waals surface area contributed by atoms with Gasteiger partial charge in [0.2, 0.25) is 6.79 Å². The number of ether oxygens (including phenoxy) is 2. The SMILES string of the molecule is Cl.ClCC1=Cc2cc3c(cc2N(Cl)C1)OCO3. The van der Waals surface area contributed by atoms with E-state index >= 15 is 0 Å². The molecule has 0 fully saturated rings. The molecule has 0 bridgehead atoms. The first-order valence-corrected chi connectivity index (χ1v) is 5.77. The van der Waals surface area contributed by atoms with Gasteiger partial charge in [-0.05, 0) is 11.6 Å². The van der Waals surface area contributed by atoms with E-state index in [2.05, 4.69) is 0 Å². The average Bonchev–Trinajstić information content (AvgIpc) is 2.73. The normalized spacial score (nSPS) is 16.1. The Bertz CT molecular complexity index is 476. The Morgan fingerprint density at radius 1 is 1.24 bits per heavy atom. The van der Waals surface area contributed by atoms with E-state index in [0.29, 0.717) is 12.4 Å². The predicted molar refractivity (Wildman–Crippen MR) is 71.7 cm³/mol. The fourth-order valence-electron chi connectivity index (χ4n) is 1.88. The van der Waals surface area contributed by atoms with Crippen molar-refractivity contribution < 1.29 is 9.47 Å². The molecule has 1 aromatic carbocycles. The summed E-state index contributed by atoms with van der Waals surface area (Å²) in [6.07, 6.45) is 2.04. The molecular weight excluding hydrogens is 284 g/mol. The molecule has 0 N–H and O–H groups in total. The number of benzene rings is 1. The molecule has 2 aliphatic rings. The zero-order valence-electron chi connectivity index (χ0n) is 8.78. The van der Waals surface area contributed by atoms with E-state index in [1.54, 1.807) is 4.42 Å². The summed E-state index contributed by atoms with van der Waals surface area (Å²) >= 11 is 12.0. The highest BCUT2D eigenvalue weighted by Gasteiger charge is 2.22. The molecule has 17 heavy (non-hydrogen) atoms. The smallest absolute Gasteiger partial charge is 0.231 e. The molecule has 0 saturated heterocycles. The van der Waals surface area contributed by atoms with Crippen LogP contribution in [0.4, 0.5) is 5.69 Å². The molecule has 3 nitrogen and oxygen atoms in total. The third-order valence-corrected chi connectivity index (χ3v) is 3.30. The van der Waals surface area contributed by atoms with E-state index in [-0.39, 0.29) is 19.2 Å². The minimum absolute atomic E-state index is 0. The van der Waals surface area contributed by atoms with Gasteiger partial charge in [0.25, 0.3) is 0 Å². The minimum Gasteiger partial charge on any atom is -0.454 e. The van der Waals surface area contributed by atoms with Crippen molar-refractivity contribution in [2.24, 2.45) is 0 Å². The highest BCUT2D eigenvalue weighted by atomic mass is 35.5. The molecule has 0 unspecified atom stereocenters. The van der Waals surface area contributed by atoms with Crippen molar-refractivity contribution in [1.29, 1.82) is 0 Å². The van der Waals surface area contributed by atoms with Gasteiger partial charge in [-0.2, -0.15) is 0 Å². The fraction of sp³-hybridized carbons (Fsp3) is 0.273. The van der Waals surface area contributed by atoms with E-state index in [4.69, 9.17) is 32.9 Å². The summed E-state index contributed by atoms with van der Waals surface area (Å²) in [5.74, 6) is 1.99. The molecule has 2 heterocycles. The maximum atomic E-state index is 6.16. The van der Waals surface area contributed by atoms with Crippen molar-refractivity contribution in [3.8, 4) is 11.5 Å². The lowest BCUT2D eigenvalue weighted by atomic mass is 10.0. The standard InChI is InChI=1S/C11H9Cl2NO2.ClH/c12-4-7-1-8-2-10-11(16-6-15-10)3-9(8)14(13)5-7;/h1-3H,4-6H2;1H. The molecule has 0 amide bonds. The van der Waals surface area contributed by atoms with Crippen LogP contribution in [0.25, 0.3) is 6.08 Å². The van der Waals surface area contributed by atoms with Gasteiger partial charge in [-0.15, -0.1) is 24.0 Å². The van der Waals surface area contributed by atoms with Crippen LogP contribution in [0.15, 0.2) is 17.7 Å². The quantitative estimate of drug-likeness (QED) is 0.585. The van der Waals surface area contributed by atoms with E-state index in [0.717, 1.165) is 28.3 Å². The van der Waals surface area contributed by atoms with Crippen molar-refractivity contribution in [3.05, 3.63) is 23.3 Å². The van der Waals surface area contributed by atoms with Gasteiger partial charge in [0.1, 0.15) is 0 Å². The van der Waals surface area contributed by atoms with E-state index in [1.165, 1.54) is 0 Å². The fourth-order valence-corrected chi connectivity index (χ4v) is 2.34. The first-order valence-electron chi connectivity index (χ1n) is 4.90. The topological polar surface area (TPSA) is 21.7 Å². The molecule has 0 atom stereocenters. The Balaban J connectivity index is 0.00000108. The maximum absolute atomic E-state index is 6.16. The summed E-state index contributed by atoms with van der Waals surface area (Å²) in [7, 11) is 0. The Labute approximate surface area is 115 Å². The highest BCUT2D eigenvalue weighted by molar-refractivity contribution is 6.27. The first kappa shape index (κ1) is 12.7. The second-order valence-electron chi connectivity index (χ2n) is 3.72. The Morgan fingerprint density at radius 3 is 2.65 bits per heavy atom. The van der Waals surface area contributed by atoms with Gasteiger partial charge in [0.15, 0.2) is 11.5 Å². The number of nitrogens with zero attached hydrogens (tertiary/aromatic N) is 1. The minimum atomic E-state index is 0. The molecule has 3 rings (SSSR count). The van der Waals surface area contributed by atoms with Crippen molar-refractivity contribution in [1.82, 2.24) is 0 Å². The van der Waals surface area contributed by atoms with E-state index < -0.39 is 0 Å². The van der Waals surface area contributed by atoms with Gasteiger partial charge in [0.05, 0.1) is 12.2 Å². The van der Waals surface area contributed by atoms with Crippen LogP contribution >= 0.6 is 35.8 Å². The lowest BCUT2D eigenvalue weighted by Crippen LogP contribution is -2.19. The van der Waals surface area contributed by atoms with Crippen LogP contribution in [-0.2, 0) is 0 Å². The van der Waals surface area contributed by atoms with Crippen LogP contribution in [0.3, 0.4) is 0 Å². The summed E-state index contributed by atoms with van der Waals surface area (Å²) in [5.41, 5.74) is 3.03. The summed E-state index contributed by atoms with van der Waals surface area (Å²) in [6, 6.07) is 3.82. The highest BCUT2D eigenvalue weighted by Crippen LogP contribution is 2.41. The molecule has 0 aromatic heterocycles. The summed E-state index contributed by atoms with van der Waals surface area (Å²) in [6.45, 7) is 0.907. The second-order valence-corrected chi connectivity index (χ2v) is 4.40. The zero-order valence-corrected chi connectivity index (χ0v) is 11.1. The average molecular weight is 295 g/mol. The van der Waals surface area contributed by atoms with Crippen molar-refractivity contribution in [2.45, 2.75) is 0 Å². The molecule has 0 spiro atoms. The number of hydrogen-bond acceptors (Lipinski definition) is 3. The molecule has 6 heteroatoms. The number of anilines is 1. The van der Waals surface area contributed by atoms with Crippen molar-refractivity contribution in [3.63, 3.8) is 0 Å². The molecular formula is C11H10Cl3NO2. The zero-order chi connectivity index (χ0) is 11.1. The van der Waals surface area contributed by atoms with Gasteiger partial charge >= 0.3 is 0 Å². The number of alkyl halides is 1. The Morgan fingerprint density at radius 2 is 1.94 bits per heavy atom. The predicted octanol–water partition coefficient (Wildman–Crippen LogP) is 3.43. The van der Waals surface area contributed by atoms with Gasteiger partial charge in [0, 0.05) is 29.3 Å². The third-order valence-electron chi connectivity index (χ3n) is 2.66. The number of halogens is 3. The summed E-state index contributed by atoms with van der Waals surface area (Å²) in [4.78, 5) is 0. The lowest BCUT2D eigenvalue weighted by molar-refractivity contribution is 0.174. The van der Waals surface area contributed by atoms with Gasteiger partial charge in [-0.3, -0.25) is 4.42 Å². The monoisotopic (exact) mass is 293 g/mol. The summed E-state index contributed by atoms with van der Waals surface area (Å²) in [5, 5.41) is 0. The molecule has 92 valence electrons. The molecule has 0 saturated carbocycles. The van der Waals surface area contributed by atoms with Crippen LogP contribution in [0.2, 0.25) is 0 Å². The number of hydrogen-bond donors (Lipinski definition) is 0. The molecule has 0 radical (unpaired) electrons. The lowest BCUT2D eigenvalue weighted by Gasteiger charge is -2.24. The van der Waals surface area contributed by atoms with Gasteiger partial charge in [-0.25, -0.2) is 0 Å². The van der Waals surface area contributed by atoms with Crippen LogP contribution < -0.4 is 13.9 Å². The Hall–Kier alpha value is -0.770. The van der Waals surface area contributed by atoms with Crippen LogP contribution in [0.5, 0.6) is 11.5 Å². The summed E-state index contributed by atoms with van der Waals surface area (Å²) < 4.78 is 12.3. The Kier molecular flexibility index (Phi) is 3.61. The maximum Gasteiger partial charge on any atom is 0.231 e. The largest absolute Gasteiger partial charge is 0.454 e. The first-order chi connectivity index (χ1) is 7.78. The van der Waals surface area contributed by atoms with E-state index in [9.17, 15) is 0 Å². The van der Waals surface area contributed by atoms with Crippen LogP contribution in [0.1, 0.15) is 5.56 Å². The van der Waals surface area contributed by atoms with Crippen LogP contribution in [0, 0.1) is 0 Å². The van der Waals surface area contributed by atoms with Crippen molar-refractivity contribution >= 4 is 47.5 Å². The second kappa shape index (κ2) is 4.84. The van der Waals surface area contributed by atoms with Crippen molar-refractivity contribution in [2.75, 3.05) is 23.6 Å². The number of fused-ring (bicyclic) bond motifs is 2.